The van der Waals surface area contributed by atoms with Crippen LogP contribution in [0.2, 0.25) is 0 Å². The van der Waals surface area contributed by atoms with Gasteiger partial charge in [0.25, 0.3) is 0 Å². The van der Waals surface area contributed by atoms with Gasteiger partial charge in [0.05, 0.1) is 23.3 Å². The monoisotopic (exact) mass is 401 g/mol. The van der Waals surface area contributed by atoms with Crippen molar-refractivity contribution in [3.05, 3.63) is 76.4 Å². The minimum atomic E-state index is -4.52. The molecule has 0 unspecified atom stereocenters. The van der Waals surface area contributed by atoms with Gasteiger partial charge in [-0.3, -0.25) is 0 Å². The molecular weight excluding hydrogens is 387 g/mol. The fourth-order valence-electron chi connectivity index (χ4n) is 2.34. The van der Waals surface area contributed by atoms with Crippen LogP contribution in [-0.4, -0.2) is 12.7 Å². The first-order valence-electron chi connectivity index (χ1n) is 7.49. The van der Waals surface area contributed by atoms with Crippen molar-refractivity contribution in [1.29, 1.82) is 0 Å². The third kappa shape index (κ3) is 4.17. The molecule has 0 N–H and O–H groups in total. The fraction of sp³-hybridized carbons (Fsp3) is 0.176. The van der Waals surface area contributed by atoms with E-state index in [4.69, 9.17) is 4.42 Å². The molecule has 4 nitrogen and oxygen atoms in total. The van der Waals surface area contributed by atoms with Crippen LogP contribution in [0.25, 0.3) is 0 Å². The van der Waals surface area contributed by atoms with E-state index in [0.29, 0.717) is 5.76 Å². The van der Waals surface area contributed by atoms with E-state index in [1.54, 1.807) is 24.3 Å². The van der Waals surface area contributed by atoms with Gasteiger partial charge in [-0.05, 0) is 47.8 Å². The summed E-state index contributed by atoms with van der Waals surface area (Å²) in [5.74, 6) is 0.442. The predicted octanol–water partition coefficient (Wildman–Crippen LogP) is 4.75. The Labute approximate surface area is 152 Å². The van der Waals surface area contributed by atoms with Crippen molar-refractivity contribution in [3.8, 4) is 0 Å². The molecule has 0 saturated heterocycles. The first-order valence-corrected chi connectivity index (χ1v) is 9.81. The molecule has 2 aromatic heterocycles. The number of alkyl halides is 3. The Morgan fingerprint density at radius 2 is 1.73 bits per heavy atom. The van der Waals surface area contributed by atoms with Gasteiger partial charge in [-0.1, -0.05) is 6.07 Å². The molecule has 0 aliphatic carbocycles. The molecule has 9 heteroatoms. The highest BCUT2D eigenvalue weighted by Crippen LogP contribution is 2.31. The Balaban J connectivity index is 1.92. The van der Waals surface area contributed by atoms with Crippen LogP contribution in [0.5, 0.6) is 0 Å². The first kappa shape index (κ1) is 18.7. The van der Waals surface area contributed by atoms with Crippen molar-refractivity contribution in [1.82, 2.24) is 4.31 Å². The van der Waals surface area contributed by atoms with Crippen molar-refractivity contribution in [2.75, 3.05) is 0 Å². The van der Waals surface area contributed by atoms with Crippen LogP contribution in [0.4, 0.5) is 13.2 Å². The lowest BCUT2D eigenvalue weighted by atomic mass is 10.2. The maximum absolute atomic E-state index is 13.0. The number of halogens is 3. The summed E-state index contributed by atoms with van der Waals surface area (Å²) < 4.78 is 70.4. The van der Waals surface area contributed by atoms with Gasteiger partial charge in [-0.2, -0.15) is 17.5 Å². The van der Waals surface area contributed by atoms with Crippen LogP contribution in [0, 0.1) is 0 Å². The Bertz CT molecular complexity index is 896. The summed E-state index contributed by atoms with van der Waals surface area (Å²) in [6.45, 7) is 0.0793. The number of hydrogen-bond donors (Lipinski definition) is 0. The smallest absolute Gasteiger partial charge is 0.416 e. The quantitative estimate of drug-likeness (QED) is 0.599. The van der Waals surface area contributed by atoms with Gasteiger partial charge in [0.15, 0.2) is 0 Å². The number of hydrogen-bond acceptors (Lipinski definition) is 4. The third-order valence-corrected chi connectivity index (χ3v) is 6.31. The number of furan rings is 1. The SMILES string of the molecule is O=S(=O)(c1ccc(C(F)(F)F)cc1)N(Cc1ccco1)Cc1cccs1. The Kier molecular flexibility index (Phi) is 5.22. The van der Waals surface area contributed by atoms with Crippen LogP contribution in [0.1, 0.15) is 16.2 Å². The van der Waals surface area contributed by atoms with Crippen LogP contribution in [0.3, 0.4) is 0 Å². The third-order valence-electron chi connectivity index (χ3n) is 3.64. The van der Waals surface area contributed by atoms with Crippen LogP contribution in [0.15, 0.2) is 69.5 Å². The molecule has 2 heterocycles. The zero-order valence-electron chi connectivity index (χ0n) is 13.3. The zero-order chi connectivity index (χ0) is 18.8. The molecule has 0 spiro atoms. The fourth-order valence-corrected chi connectivity index (χ4v) is 4.53. The molecule has 0 aliphatic rings. The van der Waals surface area contributed by atoms with Crippen molar-refractivity contribution < 1.29 is 26.0 Å². The zero-order valence-corrected chi connectivity index (χ0v) is 14.9. The molecule has 0 aliphatic heterocycles. The van der Waals surface area contributed by atoms with Gasteiger partial charge >= 0.3 is 6.18 Å². The molecule has 3 aromatic rings. The van der Waals surface area contributed by atoms with Crippen LogP contribution >= 0.6 is 11.3 Å². The van der Waals surface area contributed by atoms with E-state index in [1.165, 1.54) is 21.9 Å². The second kappa shape index (κ2) is 7.26. The number of sulfonamides is 1. The molecule has 3 rings (SSSR count). The summed E-state index contributed by atoms with van der Waals surface area (Å²) in [4.78, 5) is 0.612. The topological polar surface area (TPSA) is 50.5 Å². The van der Waals surface area contributed by atoms with E-state index < -0.39 is 21.8 Å². The lowest BCUT2D eigenvalue weighted by Crippen LogP contribution is -2.30. The lowest BCUT2D eigenvalue weighted by Gasteiger charge is -2.21. The summed E-state index contributed by atoms with van der Waals surface area (Å²) in [7, 11) is -4.00. The summed E-state index contributed by atoms with van der Waals surface area (Å²) in [6.07, 6.45) is -3.09. The van der Waals surface area contributed by atoms with Gasteiger partial charge in [0, 0.05) is 11.4 Å². The van der Waals surface area contributed by atoms with E-state index >= 15 is 0 Å². The molecule has 0 radical (unpaired) electrons. The van der Waals surface area contributed by atoms with E-state index in [9.17, 15) is 21.6 Å². The molecule has 1 aromatic carbocycles. The second-order valence-corrected chi connectivity index (χ2v) is 8.42. The number of benzene rings is 1. The summed E-state index contributed by atoms with van der Waals surface area (Å²) in [6, 6.07) is 10.4. The summed E-state index contributed by atoms with van der Waals surface area (Å²) in [5, 5.41) is 1.82. The molecule has 0 atom stereocenters. The van der Waals surface area contributed by atoms with E-state index in [2.05, 4.69) is 0 Å². The largest absolute Gasteiger partial charge is 0.468 e. The number of rotatable bonds is 6. The highest BCUT2D eigenvalue weighted by atomic mass is 32.2. The Morgan fingerprint density at radius 1 is 1.00 bits per heavy atom. The van der Waals surface area contributed by atoms with Gasteiger partial charge < -0.3 is 4.42 Å². The Hall–Kier alpha value is -2.10. The molecular formula is C17H14F3NO3S2. The maximum Gasteiger partial charge on any atom is 0.416 e. The molecule has 0 fully saturated rings. The Morgan fingerprint density at radius 3 is 2.27 bits per heavy atom. The predicted molar refractivity (Wildman–Crippen MR) is 90.9 cm³/mol. The second-order valence-electron chi connectivity index (χ2n) is 5.45. The van der Waals surface area contributed by atoms with Crippen molar-refractivity contribution in [2.45, 2.75) is 24.2 Å². The van der Waals surface area contributed by atoms with Crippen LogP contribution in [-0.2, 0) is 29.3 Å². The molecule has 26 heavy (non-hydrogen) atoms. The molecule has 138 valence electrons. The van der Waals surface area contributed by atoms with Gasteiger partial charge in [0.1, 0.15) is 5.76 Å². The highest BCUT2D eigenvalue weighted by molar-refractivity contribution is 7.89. The molecule has 0 saturated carbocycles. The van der Waals surface area contributed by atoms with Gasteiger partial charge in [0.2, 0.25) is 10.0 Å². The lowest BCUT2D eigenvalue weighted by molar-refractivity contribution is -0.137. The average molecular weight is 401 g/mol. The molecule has 0 amide bonds. The van der Waals surface area contributed by atoms with Crippen molar-refractivity contribution in [2.24, 2.45) is 0 Å². The standard InChI is InChI=1S/C17H14F3NO3S2/c18-17(19,20)13-5-7-16(8-6-13)26(22,23)21(11-14-3-1-9-24-14)12-15-4-2-10-25-15/h1-10H,11-12H2. The van der Waals surface area contributed by atoms with Gasteiger partial charge in [-0.25, -0.2) is 8.42 Å². The van der Waals surface area contributed by atoms with Crippen molar-refractivity contribution >= 4 is 21.4 Å². The van der Waals surface area contributed by atoms with E-state index in [-0.39, 0.29) is 18.0 Å². The average Bonchev–Trinajstić information content (AvgIpc) is 3.27. The van der Waals surface area contributed by atoms with E-state index in [1.807, 2.05) is 5.38 Å². The van der Waals surface area contributed by atoms with E-state index in [0.717, 1.165) is 29.1 Å². The van der Waals surface area contributed by atoms with Gasteiger partial charge in [-0.15, -0.1) is 11.3 Å². The molecule has 0 bridgehead atoms. The minimum absolute atomic E-state index is 0.0196. The van der Waals surface area contributed by atoms with Crippen LogP contribution < -0.4 is 0 Å². The minimum Gasteiger partial charge on any atom is -0.468 e. The number of thiophene rings is 1. The normalized spacial score (nSPS) is 12.6. The summed E-state index contributed by atoms with van der Waals surface area (Å²) >= 11 is 1.40. The highest BCUT2D eigenvalue weighted by Gasteiger charge is 2.32. The van der Waals surface area contributed by atoms with Crippen molar-refractivity contribution in [3.63, 3.8) is 0 Å². The first-order chi connectivity index (χ1) is 12.3. The number of nitrogens with zero attached hydrogens (tertiary/aromatic N) is 1. The summed E-state index contributed by atoms with van der Waals surface area (Å²) in [5.41, 5.74) is -0.896. The maximum atomic E-state index is 13.0.